The second-order valence-electron chi connectivity index (χ2n) is 7.98. The van der Waals surface area contributed by atoms with E-state index in [0.29, 0.717) is 5.95 Å². The molecule has 7 nitrogen and oxygen atoms in total. The van der Waals surface area contributed by atoms with E-state index in [1.807, 2.05) is 48.5 Å². The molecule has 0 amide bonds. The Balaban J connectivity index is 1.36. The third-order valence-electron chi connectivity index (χ3n) is 5.57. The van der Waals surface area contributed by atoms with Gasteiger partial charge in [-0.1, -0.05) is 29.8 Å². The second kappa shape index (κ2) is 9.48. The number of nitrogens with zero attached hydrogens (tertiary/aromatic N) is 6. The van der Waals surface area contributed by atoms with Crippen molar-refractivity contribution in [3.63, 3.8) is 0 Å². The maximum atomic E-state index is 6.36. The maximum Gasteiger partial charge on any atom is 0.229 e. The number of benzene rings is 1. The Bertz CT molecular complexity index is 1030. The molecule has 0 radical (unpaired) electrons. The molecular formula is C22H28ClN7S. The van der Waals surface area contributed by atoms with Gasteiger partial charge in [-0.2, -0.15) is 15.0 Å². The Morgan fingerprint density at radius 1 is 1.06 bits per heavy atom. The van der Waals surface area contributed by atoms with Crippen molar-refractivity contribution >= 4 is 34.8 Å². The van der Waals surface area contributed by atoms with Crippen LogP contribution in [-0.4, -0.2) is 65.0 Å². The molecule has 0 unspecified atom stereocenters. The lowest BCUT2D eigenvalue weighted by Gasteiger charge is -2.37. The van der Waals surface area contributed by atoms with Crippen LogP contribution < -0.4 is 10.6 Å². The van der Waals surface area contributed by atoms with Crippen molar-refractivity contribution in [3.05, 3.63) is 52.1 Å². The highest BCUT2D eigenvalue weighted by molar-refractivity contribution is 7.15. The molecule has 1 aromatic carbocycles. The summed E-state index contributed by atoms with van der Waals surface area (Å²) in [5.74, 6) is 1.60. The van der Waals surface area contributed by atoms with E-state index in [1.54, 1.807) is 0 Å². The number of hydrogen-bond acceptors (Lipinski definition) is 8. The van der Waals surface area contributed by atoms with E-state index in [2.05, 4.69) is 49.9 Å². The lowest BCUT2D eigenvalue weighted by Crippen LogP contribution is -2.46. The van der Waals surface area contributed by atoms with Gasteiger partial charge in [0.1, 0.15) is 0 Å². The Hall–Kier alpha value is -2.26. The first-order valence-corrected chi connectivity index (χ1v) is 11.6. The maximum absolute atomic E-state index is 6.36. The standard InChI is InChI=1S/C22H28ClN7S/c1-15(20-25-21(24)27-22(26-20)28(2)3)30-12-10-29(11-13-30)14-16-8-9-19(31-16)17-6-4-5-7-18(17)23/h4-9,15H,10-14H2,1-3H3,(H2,24,25,26,27)/t15-/m0/s1. The molecule has 1 aliphatic rings. The van der Waals surface area contributed by atoms with Crippen molar-refractivity contribution in [1.29, 1.82) is 0 Å². The minimum Gasteiger partial charge on any atom is -0.368 e. The fraction of sp³-hybridized carbons (Fsp3) is 0.409. The van der Waals surface area contributed by atoms with Crippen LogP contribution in [0.15, 0.2) is 36.4 Å². The van der Waals surface area contributed by atoms with Gasteiger partial charge in [-0.15, -0.1) is 11.3 Å². The summed E-state index contributed by atoms with van der Waals surface area (Å²) in [6.45, 7) is 7.04. The lowest BCUT2D eigenvalue weighted by molar-refractivity contribution is 0.0954. The molecule has 0 bridgehead atoms. The molecule has 3 heterocycles. The first kappa shape index (κ1) is 22.0. The average Bonchev–Trinajstić information content (AvgIpc) is 3.22. The number of piperazine rings is 1. The highest BCUT2D eigenvalue weighted by atomic mass is 35.5. The van der Waals surface area contributed by atoms with Crippen molar-refractivity contribution in [1.82, 2.24) is 24.8 Å². The molecule has 31 heavy (non-hydrogen) atoms. The molecule has 1 saturated heterocycles. The molecule has 9 heteroatoms. The topological polar surface area (TPSA) is 74.4 Å². The van der Waals surface area contributed by atoms with E-state index < -0.39 is 0 Å². The van der Waals surface area contributed by atoms with Crippen molar-refractivity contribution in [3.8, 4) is 10.4 Å². The molecule has 4 rings (SSSR count). The molecule has 1 aliphatic heterocycles. The number of aromatic nitrogens is 3. The number of thiophene rings is 1. The molecule has 2 N–H and O–H groups in total. The predicted octanol–water partition coefficient (Wildman–Crippen LogP) is 3.78. The van der Waals surface area contributed by atoms with Crippen molar-refractivity contribution in [2.75, 3.05) is 50.9 Å². The van der Waals surface area contributed by atoms with Gasteiger partial charge in [-0.05, 0) is 25.1 Å². The predicted molar refractivity (Wildman–Crippen MR) is 129 cm³/mol. The van der Waals surface area contributed by atoms with Crippen molar-refractivity contribution in [2.24, 2.45) is 0 Å². The molecule has 1 atom stereocenters. The quantitative estimate of drug-likeness (QED) is 0.603. The molecule has 2 aromatic heterocycles. The largest absolute Gasteiger partial charge is 0.368 e. The Labute approximate surface area is 192 Å². The van der Waals surface area contributed by atoms with Gasteiger partial charge in [0.25, 0.3) is 0 Å². The molecule has 0 spiro atoms. The SMILES string of the molecule is C[C@@H](c1nc(N)nc(N(C)C)n1)N1CCN(Cc2ccc(-c3ccccc3Cl)s2)CC1. The zero-order valence-electron chi connectivity index (χ0n) is 18.1. The summed E-state index contributed by atoms with van der Waals surface area (Å²) >= 11 is 8.18. The van der Waals surface area contributed by atoms with Crippen LogP contribution in [0.3, 0.4) is 0 Å². The number of hydrogen-bond donors (Lipinski definition) is 1. The minimum absolute atomic E-state index is 0.0970. The lowest BCUT2D eigenvalue weighted by atomic mass is 10.2. The normalized spacial score (nSPS) is 16.4. The number of anilines is 2. The Kier molecular flexibility index (Phi) is 6.71. The van der Waals surface area contributed by atoms with Crippen molar-refractivity contribution < 1.29 is 0 Å². The van der Waals surface area contributed by atoms with Gasteiger partial charge in [0, 0.05) is 67.2 Å². The fourth-order valence-corrected chi connectivity index (χ4v) is 5.13. The van der Waals surface area contributed by atoms with Gasteiger partial charge in [0.15, 0.2) is 5.82 Å². The van der Waals surface area contributed by atoms with Gasteiger partial charge in [0.2, 0.25) is 11.9 Å². The van der Waals surface area contributed by atoms with Gasteiger partial charge in [0.05, 0.1) is 6.04 Å². The van der Waals surface area contributed by atoms with Gasteiger partial charge in [-0.25, -0.2) is 0 Å². The van der Waals surface area contributed by atoms with Gasteiger partial charge in [-0.3, -0.25) is 9.80 Å². The summed E-state index contributed by atoms with van der Waals surface area (Å²) in [6, 6.07) is 12.5. The molecule has 1 fully saturated rings. The first-order valence-electron chi connectivity index (χ1n) is 10.4. The summed E-state index contributed by atoms with van der Waals surface area (Å²) in [5.41, 5.74) is 7.01. The van der Waals surface area contributed by atoms with Gasteiger partial charge < -0.3 is 10.6 Å². The summed E-state index contributed by atoms with van der Waals surface area (Å²) < 4.78 is 0. The van der Waals surface area contributed by atoms with Gasteiger partial charge >= 0.3 is 0 Å². The molecule has 164 valence electrons. The zero-order chi connectivity index (χ0) is 22.0. The summed E-state index contributed by atoms with van der Waals surface area (Å²) in [6.07, 6.45) is 0. The van der Waals surface area contributed by atoms with Crippen molar-refractivity contribution in [2.45, 2.75) is 19.5 Å². The Morgan fingerprint density at radius 3 is 2.52 bits per heavy atom. The monoisotopic (exact) mass is 457 g/mol. The third kappa shape index (κ3) is 5.15. The van der Waals surface area contributed by atoms with E-state index >= 15 is 0 Å². The van der Waals surface area contributed by atoms with E-state index in [1.165, 1.54) is 9.75 Å². The second-order valence-corrected chi connectivity index (χ2v) is 9.56. The summed E-state index contributed by atoms with van der Waals surface area (Å²) in [4.78, 5) is 22.5. The number of halogens is 1. The molecule has 3 aromatic rings. The third-order valence-corrected chi connectivity index (χ3v) is 7.00. The number of rotatable bonds is 6. The Morgan fingerprint density at radius 2 is 1.81 bits per heavy atom. The summed E-state index contributed by atoms with van der Waals surface area (Å²) in [5, 5.41) is 0.801. The van der Waals surface area contributed by atoms with Crippen LogP contribution in [0.25, 0.3) is 10.4 Å². The molecule has 0 aliphatic carbocycles. The zero-order valence-corrected chi connectivity index (χ0v) is 19.7. The molecule has 0 saturated carbocycles. The van der Waals surface area contributed by atoms with E-state index in [0.717, 1.165) is 49.1 Å². The first-order chi connectivity index (χ1) is 14.9. The number of nitrogens with two attached hydrogens (primary N) is 1. The van der Waals surface area contributed by atoms with Crippen LogP contribution in [0.5, 0.6) is 0 Å². The van der Waals surface area contributed by atoms with Crippen LogP contribution in [0.2, 0.25) is 5.02 Å². The van der Waals surface area contributed by atoms with Crippen LogP contribution in [0, 0.1) is 0 Å². The van der Waals surface area contributed by atoms with Crippen LogP contribution in [-0.2, 0) is 6.54 Å². The van der Waals surface area contributed by atoms with E-state index in [4.69, 9.17) is 17.3 Å². The number of nitrogen functional groups attached to an aromatic ring is 1. The fourth-order valence-electron chi connectivity index (χ4n) is 3.75. The van der Waals surface area contributed by atoms with Crippen LogP contribution in [0.4, 0.5) is 11.9 Å². The van der Waals surface area contributed by atoms with E-state index in [9.17, 15) is 0 Å². The highest BCUT2D eigenvalue weighted by Crippen LogP contribution is 2.33. The highest BCUT2D eigenvalue weighted by Gasteiger charge is 2.25. The summed E-state index contributed by atoms with van der Waals surface area (Å²) in [7, 11) is 3.81. The smallest absolute Gasteiger partial charge is 0.229 e. The van der Waals surface area contributed by atoms with E-state index in [-0.39, 0.29) is 12.0 Å². The molecular weight excluding hydrogens is 430 g/mol. The average molecular weight is 458 g/mol. The van der Waals surface area contributed by atoms with Crippen LogP contribution >= 0.6 is 22.9 Å². The minimum atomic E-state index is 0.0970. The van der Waals surface area contributed by atoms with Crippen LogP contribution in [0.1, 0.15) is 23.7 Å².